The van der Waals surface area contributed by atoms with Crippen molar-refractivity contribution in [2.75, 3.05) is 40.0 Å². The van der Waals surface area contributed by atoms with Crippen molar-refractivity contribution in [3.63, 3.8) is 0 Å². The second kappa shape index (κ2) is 10.2. The average Bonchev–Trinajstić information content (AvgIpc) is 2.55. The lowest BCUT2D eigenvalue weighted by atomic mass is 10.2. The highest BCUT2D eigenvalue weighted by molar-refractivity contribution is 5.94. The smallest absolute Gasteiger partial charge is 0.319 e. The van der Waals surface area contributed by atoms with Crippen molar-refractivity contribution in [1.82, 2.24) is 16.0 Å². The van der Waals surface area contributed by atoms with Gasteiger partial charge in [-0.05, 0) is 20.8 Å². The molecule has 0 aromatic carbocycles. The van der Waals surface area contributed by atoms with Crippen molar-refractivity contribution in [2.45, 2.75) is 32.9 Å². The van der Waals surface area contributed by atoms with E-state index in [2.05, 4.69) is 20.9 Å². The van der Waals surface area contributed by atoms with Crippen LogP contribution in [-0.4, -0.2) is 69.1 Å². The van der Waals surface area contributed by atoms with Crippen LogP contribution in [0.3, 0.4) is 0 Å². The molecule has 0 saturated carbocycles. The number of carbonyl (C=O) groups excluding carboxylic acids is 1. The minimum atomic E-state index is -0.376. The van der Waals surface area contributed by atoms with E-state index in [1.54, 1.807) is 20.9 Å². The van der Waals surface area contributed by atoms with Gasteiger partial charge in [0.25, 0.3) is 0 Å². The van der Waals surface area contributed by atoms with E-state index in [-0.39, 0.29) is 24.8 Å². The molecule has 0 spiro atoms. The topological polar surface area (TPSA) is 104 Å². The molecular weight excluding hydrogens is 300 g/mol. The zero-order valence-electron chi connectivity index (χ0n) is 14.3. The molecular formula is C15H28N4O4. The second-order valence-corrected chi connectivity index (χ2v) is 5.47. The first kappa shape index (κ1) is 19.4. The molecule has 0 radical (unpaired) electrons. The molecule has 0 aromatic heterocycles. The maximum absolute atomic E-state index is 11.8. The largest absolute Gasteiger partial charge is 0.475 e. The van der Waals surface area contributed by atoms with Crippen LogP contribution in [0.15, 0.2) is 16.3 Å². The van der Waals surface area contributed by atoms with Crippen LogP contribution < -0.4 is 16.0 Å². The number of hydrogen-bond donors (Lipinski definition) is 4. The minimum absolute atomic E-state index is 0.00438. The summed E-state index contributed by atoms with van der Waals surface area (Å²) in [7, 11) is 1.64. The molecule has 0 aromatic rings. The fraction of sp³-hybridized carbons (Fsp3) is 0.733. The van der Waals surface area contributed by atoms with Crippen molar-refractivity contribution in [3.05, 3.63) is 11.3 Å². The molecule has 8 nitrogen and oxygen atoms in total. The van der Waals surface area contributed by atoms with Gasteiger partial charge in [-0.15, -0.1) is 0 Å². The lowest BCUT2D eigenvalue weighted by molar-refractivity contribution is -0.00260. The average molecular weight is 328 g/mol. The van der Waals surface area contributed by atoms with Gasteiger partial charge in [-0.25, -0.2) is 4.79 Å². The van der Waals surface area contributed by atoms with Crippen LogP contribution in [0, 0.1) is 0 Å². The second-order valence-electron chi connectivity index (χ2n) is 5.47. The van der Waals surface area contributed by atoms with Gasteiger partial charge >= 0.3 is 6.03 Å². The molecule has 0 aliphatic carbocycles. The first-order valence-corrected chi connectivity index (χ1v) is 7.76. The number of allylic oxidation sites excluding steroid dienone is 1. The number of morpholine rings is 1. The van der Waals surface area contributed by atoms with Crippen molar-refractivity contribution in [1.29, 1.82) is 0 Å². The Kier molecular flexibility index (Phi) is 8.60. The number of aliphatic imine (C=N–C) groups is 1. The van der Waals surface area contributed by atoms with Gasteiger partial charge in [0.05, 0.1) is 19.3 Å². The van der Waals surface area contributed by atoms with Gasteiger partial charge in [0.15, 0.2) is 0 Å². The molecule has 1 aliphatic heterocycles. The van der Waals surface area contributed by atoms with Crippen LogP contribution in [-0.2, 0) is 9.47 Å². The molecule has 1 aliphatic rings. The molecule has 4 N–H and O–H groups in total. The summed E-state index contributed by atoms with van der Waals surface area (Å²) >= 11 is 0. The molecule has 1 heterocycles. The number of aliphatic hydroxyl groups is 1. The number of urea groups is 1. The van der Waals surface area contributed by atoms with Crippen molar-refractivity contribution < 1.29 is 19.4 Å². The van der Waals surface area contributed by atoms with E-state index < -0.39 is 0 Å². The highest BCUT2D eigenvalue weighted by Gasteiger charge is 2.16. The molecule has 1 saturated heterocycles. The highest BCUT2D eigenvalue weighted by Crippen LogP contribution is 2.07. The number of nitrogens with zero attached hydrogens (tertiary/aromatic N) is 1. The van der Waals surface area contributed by atoms with Crippen molar-refractivity contribution in [2.24, 2.45) is 4.99 Å². The van der Waals surface area contributed by atoms with E-state index in [0.29, 0.717) is 24.8 Å². The molecule has 8 heteroatoms. The Labute approximate surface area is 137 Å². The van der Waals surface area contributed by atoms with Crippen LogP contribution >= 0.6 is 0 Å². The maximum Gasteiger partial charge on any atom is 0.319 e. The third-order valence-electron chi connectivity index (χ3n) is 3.45. The summed E-state index contributed by atoms with van der Waals surface area (Å²) in [5.74, 6) is 0.465. The molecule has 0 bridgehead atoms. The molecule has 23 heavy (non-hydrogen) atoms. The molecule has 1 unspecified atom stereocenters. The predicted molar refractivity (Wildman–Crippen MR) is 88.5 cm³/mol. The summed E-state index contributed by atoms with van der Waals surface area (Å²) in [6.45, 7) is 7.87. The number of hydrogen-bond acceptors (Lipinski definition) is 6. The summed E-state index contributed by atoms with van der Waals surface area (Å²) in [6, 6.07) is -0.687. The fourth-order valence-corrected chi connectivity index (χ4v) is 1.97. The molecule has 2 atom stereocenters. The number of aliphatic hydroxyl groups excluding tert-OH is 1. The number of amides is 2. The van der Waals surface area contributed by atoms with E-state index in [9.17, 15) is 4.79 Å². The summed E-state index contributed by atoms with van der Waals surface area (Å²) in [5, 5.41) is 17.5. The van der Waals surface area contributed by atoms with E-state index in [4.69, 9.17) is 14.6 Å². The fourth-order valence-electron chi connectivity index (χ4n) is 1.97. The van der Waals surface area contributed by atoms with Crippen LogP contribution in [0.2, 0.25) is 0 Å². The Morgan fingerprint density at radius 3 is 2.83 bits per heavy atom. The Bertz CT molecular complexity index is 445. The van der Waals surface area contributed by atoms with Gasteiger partial charge in [-0.2, -0.15) is 0 Å². The zero-order valence-corrected chi connectivity index (χ0v) is 14.3. The van der Waals surface area contributed by atoms with Gasteiger partial charge in [0.1, 0.15) is 12.7 Å². The first-order valence-electron chi connectivity index (χ1n) is 7.76. The Morgan fingerprint density at radius 1 is 1.52 bits per heavy atom. The van der Waals surface area contributed by atoms with Crippen LogP contribution in [0.5, 0.6) is 0 Å². The Balaban J connectivity index is 2.55. The SMILES string of the molecule is CN=C(OCC1CNCCO1)/C(C)=C(\C)NC(=O)N[C@H](C)CO. The van der Waals surface area contributed by atoms with Gasteiger partial charge in [0.2, 0.25) is 5.90 Å². The number of ether oxygens (including phenoxy) is 2. The summed E-state index contributed by atoms with van der Waals surface area (Å²) in [4.78, 5) is 15.9. The van der Waals surface area contributed by atoms with Gasteiger partial charge in [0, 0.05) is 31.4 Å². The van der Waals surface area contributed by atoms with Crippen molar-refractivity contribution in [3.8, 4) is 0 Å². The van der Waals surface area contributed by atoms with Crippen molar-refractivity contribution >= 4 is 11.9 Å². The van der Waals surface area contributed by atoms with E-state index in [0.717, 1.165) is 18.7 Å². The summed E-state index contributed by atoms with van der Waals surface area (Å²) in [6.07, 6.45) is -0.00438. The Hall–Kier alpha value is -1.64. The number of carbonyl (C=O) groups is 1. The molecule has 1 rings (SSSR count). The first-order chi connectivity index (χ1) is 11.0. The number of rotatable bonds is 6. The van der Waals surface area contributed by atoms with Crippen LogP contribution in [0.1, 0.15) is 20.8 Å². The maximum atomic E-state index is 11.8. The van der Waals surface area contributed by atoms with Gasteiger partial charge < -0.3 is 30.5 Å². The molecule has 132 valence electrons. The quantitative estimate of drug-likeness (QED) is 0.406. The van der Waals surface area contributed by atoms with Crippen LogP contribution in [0.4, 0.5) is 4.79 Å². The Morgan fingerprint density at radius 2 is 2.26 bits per heavy atom. The van der Waals surface area contributed by atoms with Gasteiger partial charge in [-0.3, -0.25) is 4.99 Å². The van der Waals surface area contributed by atoms with Crippen LogP contribution in [0.25, 0.3) is 0 Å². The monoisotopic (exact) mass is 328 g/mol. The third-order valence-corrected chi connectivity index (χ3v) is 3.45. The molecule has 1 fully saturated rings. The third kappa shape index (κ3) is 6.98. The lowest BCUT2D eigenvalue weighted by Gasteiger charge is -2.24. The highest BCUT2D eigenvalue weighted by atomic mass is 16.5. The minimum Gasteiger partial charge on any atom is -0.475 e. The summed E-state index contributed by atoms with van der Waals surface area (Å²) in [5.41, 5.74) is 1.37. The predicted octanol–water partition coefficient (Wildman–Crippen LogP) is -0.00640. The van der Waals surface area contributed by atoms with E-state index in [1.165, 1.54) is 0 Å². The normalized spacial score (nSPS) is 21.3. The van der Waals surface area contributed by atoms with Gasteiger partial charge in [-0.1, -0.05) is 0 Å². The zero-order chi connectivity index (χ0) is 17.2. The number of nitrogens with one attached hydrogen (secondary N) is 3. The van der Waals surface area contributed by atoms with E-state index >= 15 is 0 Å². The standard InChI is InChI=1S/C15H28N4O4/c1-10(8-20)18-15(21)19-12(3)11(2)14(16-4)23-9-13-7-17-5-6-22-13/h10,13,17,20H,5-9H2,1-4H3,(H2,18,19,21)/b12-11+,16-14?/t10-,13?/m1/s1. The lowest BCUT2D eigenvalue weighted by Crippen LogP contribution is -2.42. The molecule has 2 amide bonds. The summed E-state index contributed by atoms with van der Waals surface area (Å²) < 4.78 is 11.3. The van der Waals surface area contributed by atoms with E-state index in [1.807, 2.05) is 6.92 Å².